The fourth-order valence-corrected chi connectivity index (χ4v) is 1.62. The van der Waals surface area contributed by atoms with Crippen LogP contribution in [-0.4, -0.2) is 20.0 Å². The van der Waals surface area contributed by atoms with Crippen LogP contribution in [0.2, 0.25) is 0 Å². The number of hydrogen-bond acceptors (Lipinski definition) is 4. The van der Waals surface area contributed by atoms with E-state index in [2.05, 4.69) is 31.2 Å². The monoisotopic (exact) mass is 256 g/mol. The molecule has 0 spiro atoms. The van der Waals surface area contributed by atoms with Gasteiger partial charge in [0.15, 0.2) is 0 Å². The highest BCUT2D eigenvalue weighted by atomic mass is 79.9. The van der Waals surface area contributed by atoms with E-state index in [9.17, 15) is 0 Å². The molecule has 2 rings (SSSR count). The fourth-order valence-electron chi connectivity index (χ4n) is 1.39. The van der Waals surface area contributed by atoms with Gasteiger partial charge in [-0.3, -0.25) is 4.68 Å². The maximum atomic E-state index is 5.29. The second-order valence-corrected chi connectivity index (χ2v) is 3.71. The number of nitrogens with zero attached hydrogens (tertiary/aromatic N) is 4. The predicted molar refractivity (Wildman–Crippen MR) is 53.7 cm³/mol. The minimum Gasteiger partial charge on any atom is -0.411 e. The van der Waals surface area contributed by atoms with E-state index < -0.39 is 0 Å². The van der Waals surface area contributed by atoms with Crippen molar-refractivity contribution in [1.29, 1.82) is 0 Å². The molecule has 0 amide bonds. The van der Waals surface area contributed by atoms with Crippen LogP contribution in [0, 0.1) is 13.8 Å². The molecule has 6 heteroatoms. The third kappa shape index (κ3) is 1.35. The molecule has 0 aromatic carbocycles. The molecule has 2 aromatic heterocycles. The Balaban J connectivity index is 2.61. The van der Waals surface area contributed by atoms with Crippen LogP contribution in [0.4, 0.5) is 0 Å². The Morgan fingerprint density at radius 3 is 2.43 bits per heavy atom. The summed E-state index contributed by atoms with van der Waals surface area (Å²) in [6.07, 6.45) is 0. The summed E-state index contributed by atoms with van der Waals surface area (Å²) in [5.74, 6) is 0.500. The molecule has 0 aliphatic carbocycles. The normalized spacial score (nSPS) is 10.9. The quantitative estimate of drug-likeness (QED) is 0.782. The van der Waals surface area contributed by atoms with Crippen LogP contribution < -0.4 is 0 Å². The first kappa shape index (κ1) is 9.39. The Labute approximate surface area is 89.3 Å². The molecule has 0 atom stereocenters. The van der Waals surface area contributed by atoms with E-state index in [1.807, 2.05) is 20.9 Å². The van der Waals surface area contributed by atoms with Crippen LogP contribution in [0.15, 0.2) is 9.22 Å². The lowest BCUT2D eigenvalue weighted by atomic mass is 10.2. The molecule has 2 aromatic rings. The van der Waals surface area contributed by atoms with E-state index >= 15 is 0 Å². The highest BCUT2D eigenvalue weighted by Crippen LogP contribution is 2.26. The number of rotatable bonds is 1. The lowest BCUT2D eigenvalue weighted by Crippen LogP contribution is -1.92. The van der Waals surface area contributed by atoms with Gasteiger partial charge in [-0.05, 0) is 13.8 Å². The third-order valence-electron chi connectivity index (χ3n) is 2.12. The van der Waals surface area contributed by atoms with Gasteiger partial charge in [0.1, 0.15) is 0 Å². The maximum absolute atomic E-state index is 5.29. The average Bonchev–Trinajstić information content (AvgIpc) is 2.60. The Bertz CT molecular complexity index is 474. The van der Waals surface area contributed by atoms with Gasteiger partial charge in [0, 0.05) is 28.7 Å². The van der Waals surface area contributed by atoms with Crippen LogP contribution in [0.5, 0.6) is 0 Å². The van der Waals surface area contributed by atoms with Gasteiger partial charge >= 0.3 is 0 Å². The molecule has 0 aliphatic rings. The predicted octanol–water partition coefficient (Wildman–Crippen LogP) is 1.85. The lowest BCUT2D eigenvalue weighted by molar-refractivity contribution is 0.539. The average molecular weight is 257 g/mol. The van der Waals surface area contributed by atoms with Gasteiger partial charge in [0.25, 0.3) is 10.7 Å². The van der Waals surface area contributed by atoms with Crippen molar-refractivity contribution in [1.82, 2.24) is 20.0 Å². The molecular formula is C8H9BrN4O. The van der Waals surface area contributed by atoms with Crippen molar-refractivity contribution in [2.45, 2.75) is 13.8 Å². The molecule has 5 nitrogen and oxygen atoms in total. The Morgan fingerprint density at radius 1 is 1.29 bits per heavy atom. The zero-order valence-electron chi connectivity index (χ0n) is 8.08. The first-order valence-electron chi connectivity index (χ1n) is 4.09. The summed E-state index contributed by atoms with van der Waals surface area (Å²) < 4.78 is 7.08. The number of aryl methyl sites for hydroxylation is 2. The number of halogens is 1. The summed E-state index contributed by atoms with van der Waals surface area (Å²) in [5, 5.41) is 11.9. The molecule has 14 heavy (non-hydrogen) atoms. The van der Waals surface area contributed by atoms with Crippen molar-refractivity contribution in [3.05, 3.63) is 16.2 Å². The van der Waals surface area contributed by atoms with Gasteiger partial charge in [-0.2, -0.15) is 5.10 Å². The SMILES string of the molecule is Cc1nn(C)c(C)c1-c1nnc(Br)o1. The van der Waals surface area contributed by atoms with Crippen LogP contribution in [0.25, 0.3) is 11.5 Å². The zero-order chi connectivity index (χ0) is 10.3. The third-order valence-corrected chi connectivity index (χ3v) is 2.44. The van der Waals surface area contributed by atoms with E-state index in [0.717, 1.165) is 17.0 Å². The number of aromatic nitrogens is 4. The molecule has 0 fully saturated rings. The van der Waals surface area contributed by atoms with Gasteiger partial charge in [-0.15, -0.1) is 10.2 Å². The van der Waals surface area contributed by atoms with E-state index in [1.165, 1.54) is 0 Å². The molecule has 0 N–H and O–H groups in total. The first-order chi connectivity index (χ1) is 6.59. The summed E-state index contributed by atoms with van der Waals surface area (Å²) in [5.41, 5.74) is 2.81. The van der Waals surface area contributed by atoms with Crippen molar-refractivity contribution < 1.29 is 4.42 Å². The Morgan fingerprint density at radius 2 is 2.00 bits per heavy atom. The molecular weight excluding hydrogens is 248 g/mol. The number of hydrogen-bond donors (Lipinski definition) is 0. The van der Waals surface area contributed by atoms with Gasteiger partial charge in [0.2, 0.25) is 0 Å². The van der Waals surface area contributed by atoms with Crippen molar-refractivity contribution in [3.8, 4) is 11.5 Å². The molecule has 0 aliphatic heterocycles. The van der Waals surface area contributed by atoms with E-state index in [4.69, 9.17) is 4.42 Å². The molecule has 2 heterocycles. The summed E-state index contributed by atoms with van der Waals surface area (Å²) >= 11 is 3.12. The minimum atomic E-state index is 0.384. The van der Waals surface area contributed by atoms with E-state index in [0.29, 0.717) is 10.7 Å². The highest BCUT2D eigenvalue weighted by molar-refractivity contribution is 9.10. The summed E-state index contributed by atoms with van der Waals surface area (Å²) in [4.78, 5) is 0.384. The van der Waals surface area contributed by atoms with Crippen molar-refractivity contribution >= 4 is 15.9 Å². The second-order valence-electron chi connectivity index (χ2n) is 3.03. The van der Waals surface area contributed by atoms with Crippen LogP contribution in [0.1, 0.15) is 11.4 Å². The van der Waals surface area contributed by atoms with Gasteiger partial charge in [0.05, 0.1) is 11.3 Å². The van der Waals surface area contributed by atoms with Gasteiger partial charge in [-0.1, -0.05) is 0 Å². The van der Waals surface area contributed by atoms with E-state index in [-0.39, 0.29) is 0 Å². The molecule has 0 unspecified atom stereocenters. The smallest absolute Gasteiger partial charge is 0.285 e. The molecule has 0 bridgehead atoms. The van der Waals surface area contributed by atoms with Crippen molar-refractivity contribution in [2.24, 2.45) is 7.05 Å². The fraction of sp³-hybridized carbons (Fsp3) is 0.375. The minimum absolute atomic E-state index is 0.384. The van der Waals surface area contributed by atoms with Gasteiger partial charge < -0.3 is 4.42 Å². The van der Waals surface area contributed by atoms with E-state index in [1.54, 1.807) is 4.68 Å². The molecule has 74 valence electrons. The summed E-state index contributed by atoms with van der Waals surface area (Å²) in [6.45, 7) is 3.88. The van der Waals surface area contributed by atoms with Crippen molar-refractivity contribution in [2.75, 3.05) is 0 Å². The van der Waals surface area contributed by atoms with Crippen molar-refractivity contribution in [3.63, 3.8) is 0 Å². The zero-order valence-corrected chi connectivity index (χ0v) is 9.66. The standard InChI is InChI=1S/C8H9BrN4O/c1-4-6(5(2)13(3)12-4)7-10-11-8(9)14-7/h1-3H3. The van der Waals surface area contributed by atoms with Crippen LogP contribution in [0.3, 0.4) is 0 Å². The van der Waals surface area contributed by atoms with Gasteiger partial charge in [-0.25, -0.2) is 0 Å². The Hall–Kier alpha value is -1.17. The Kier molecular flexibility index (Phi) is 2.14. The highest BCUT2D eigenvalue weighted by Gasteiger charge is 2.16. The summed E-state index contributed by atoms with van der Waals surface area (Å²) in [6, 6.07) is 0. The molecule has 0 radical (unpaired) electrons. The maximum Gasteiger partial charge on any atom is 0.285 e. The molecule has 0 saturated heterocycles. The largest absolute Gasteiger partial charge is 0.411 e. The first-order valence-corrected chi connectivity index (χ1v) is 4.88. The van der Waals surface area contributed by atoms with Crippen LogP contribution in [-0.2, 0) is 7.05 Å². The lowest BCUT2D eigenvalue weighted by Gasteiger charge is -1.94. The molecule has 0 saturated carbocycles. The second kappa shape index (κ2) is 3.20. The van der Waals surface area contributed by atoms with Crippen LogP contribution >= 0.6 is 15.9 Å². The summed E-state index contributed by atoms with van der Waals surface area (Å²) in [7, 11) is 1.89. The topological polar surface area (TPSA) is 56.7 Å².